The number of benzene rings is 2. The Hall–Kier alpha value is -3.42. The molecule has 0 saturated carbocycles. The van der Waals surface area contributed by atoms with E-state index in [2.05, 4.69) is 20.7 Å². The van der Waals surface area contributed by atoms with Crippen molar-refractivity contribution in [3.8, 4) is 17.1 Å². The molecule has 8 heteroatoms. The van der Waals surface area contributed by atoms with Crippen LogP contribution in [0.2, 0.25) is 0 Å². The predicted molar refractivity (Wildman–Crippen MR) is 105 cm³/mol. The Kier molecular flexibility index (Phi) is 4.92. The van der Waals surface area contributed by atoms with Gasteiger partial charge in [0.25, 0.3) is 0 Å². The van der Waals surface area contributed by atoms with Crippen LogP contribution in [0.15, 0.2) is 48.5 Å². The minimum Gasteiger partial charge on any atom is -0.496 e. The van der Waals surface area contributed by atoms with Gasteiger partial charge in [-0.1, -0.05) is 30.3 Å². The van der Waals surface area contributed by atoms with Crippen LogP contribution in [0, 0.1) is 0 Å². The van der Waals surface area contributed by atoms with Crippen molar-refractivity contribution < 1.29 is 9.53 Å². The van der Waals surface area contributed by atoms with E-state index in [1.165, 1.54) is 4.80 Å². The minimum absolute atomic E-state index is 0.000916. The predicted octanol–water partition coefficient (Wildman–Crippen LogP) is 3.25. The Bertz CT molecular complexity index is 986. The zero-order valence-corrected chi connectivity index (χ0v) is 15.9. The van der Waals surface area contributed by atoms with E-state index in [0.29, 0.717) is 18.1 Å². The van der Waals surface area contributed by atoms with Crippen LogP contribution in [0.5, 0.6) is 5.75 Å². The van der Waals surface area contributed by atoms with Crippen molar-refractivity contribution in [1.29, 1.82) is 0 Å². The van der Waals surface area contributed by atoms with Crippen molar-refractivity contribution in [3.63, 3.8) is 0 Å². The van der Waals surface area contributed by atoms with E-state index in [1.54, 1.807) is 14.2 Å². The van der Waals surface area contributed by atoms with Crippen LogP contribution in [-0.4, -0.2) is 44.8 Å². The quantitative estimate of drug-likeness (QED) is 0.753. The van der Waals surface area contributed by atoms with Crippen molar-refractivity contribution in [1.82, 2.24) is 25.1 Å². The molecule has 2 amide bonds. The number of carbonyl (C=O) groups is 1. The molecule has 1 unspecified atom stereocenters. The van der Waals surface area contributed by atoms with E-state index in [9.17, 15) is 4.79 Å². The number of nitrogens with one attached hydrogen (secondary N) is 1. The maximum atomic E-state index is 13.0. The van der Waals surface area contributed by atoms with Crippen molar-refractivity contribution >= 4 is 11.7 Å². The van der Waals surface area contributed by atoms with E-state index >= 15 is 0 Å². The number of rotatable bonds is 4. The third-order valence-corrected chi connectivity index (χ3v) is 4.89. The van der Waals surface area contributed by atoms with Gasteiger partial charge in [0.1, 0.15) is 5.75 Å². The van der Waals surface area contributed by atoms with Crippen LogP contribution in [0.1, 0.15) is 24.4 Å². The third kappa shape index (κ3) is 3.53. The van der Waals surface area contributed by atoms with E-state index in [4.69, 9.17) is 4.74 Å². The van der Waals surface area contributed by atoms with Gasteiger partial charge < -0.3 is 15.0 Å². The molecule has 2 heterocycles. The van der Waals surface area contributed by atoms with Crippen LogP contribution in [-0.2, 0) is 7.05 Å². The smallest absolute Gasteiger partial charge is 0.322 e. The Morgan fingerprint density at radius 1 is 1.21 bits per heavy atom. The van der Waals surface area contributed by atoms with Crippen molar-refractivity contribution in [2.75, 3.05) is 19.0 Å². The Morgan fingerprint density at radius 2 is 2.07 bits per heavy atom. The second kappa shape index (κ2) is 7.67. The van der Waals surface area contributed by atoms with Crippen molar-refractivity contribution in [2.45, 2.75) is 18.9 Å². The first-order valence-electron chi connectivity index (χ1n) is 9.20. The average Bonchev–Trinajstić information content (AvgIpc) is 3.37. The summed E-state index contributed by atoms with van der Waals surface area (Å²) in [4.78, 5) is 16.2. The lowest BCUT2D eigenvalue weighted by atomic mass is 10.0. The van der Waals surface area contributed by atoms with Gasteiger partial charge in [-0.15, -0.1) is 10.2 Å². The number of aromatic nitrogens is 4. The number of tetrazole rings is 1. The molecule has 1 aliphatic rings. The molecule has 3 aromatic rings. The molecule has 4 rings (SSSR count). The van der Waals surface area contributed by atoms with Gasteiger partial charge >= 0.3 is 6.03 Å². The number of aryl methyl sites for hydroxylation is 1. The molecule has 8 nitrogen and oxygen atoms in total. The van der Waals surface area contributed by atoms with Crippen LogP contribution in [0.25, 0.3) is 11.4 Å². The second-order valence-electron chi connectivity index (χ2n) is 6.71. The van der Waals surface area contributed by atoms with E-state index < -0.39 is 0 Å². The molecule has 1 saturated heterocycles. The highest BCUT2D eigenvalue weighted by Gasteiger charge is 2.31. The first-order valence-corrected chi connectivity index (χ1v) is 9.20. The fourth-order valence-electron chi connectivity index (χ4n) is 3.61. The molecule has 1 aromatic heterocycles. The number of ether oxygens (including phenoxy) is 1. The van der Waals surface area contributed by atoms with Crippen molar-refractivity contribution in [2.24, 2.45) is 7.05 Å². The SMILES string of the molecule is COc1ccccc1C1CCCN1C(=O)Nc1cccc(-c2nnn(C)n2)c1. The normalized spacial score (nSPS) is 16.2. The number of nitrogens with zero attached hydrogens (tertiary/aromatic N) is 5. The summed E-state index contributed by atoms with van der Waals surface area (Å²) in [6.45, 7) is 0.708. The molecule has 0 radical (unpaired) electrons. The molecule has 0 bridgehead atoms. The number of carbonyl (C=O) groups excluding carboxylic acids is 1. The van der Waals surface area contributed by atoms with Gasteiger partial charge in [0.15, 0.2) is 0 Å². The van der Waals surface area contributed by atoms with Gasteiger partial charge in [0.2, 0.25) is 5.82 Å². The number of methoxy groups -OCH3 is 1. The standard InChI is InChI=1S/C20H22N6O2/c1-25-23-19(22-24-25)14-7-5-8-15(13-14)21-20(27)26-12-6-10-17(26)16-9-3-4-11-18(16)28-2/h3-5,7-9,11,13,17H,6,10,12H2,1-2H3,(H,21,27). The number of urea groups is 1. The lowest BCUT2D eigenvalue weighted by molar-refractivity contribution is 0.206. The van der Waals surface area contributed by atoms with E-state index in [1.807, 2.05) is 53.4 Å². The van der Waals surface area contributed by atoms with Crippen LogP contribution in [0.3, 0.4) is 0 Å². The zero-order chi connectivity index (χ0) is 19.5. The molecule has 28 heavy (non-hydrogen) atoms. The molecule has 1 aliphatic heterocycles. The molecule has 144 valence electrons. The number of likely N-dealkylation sites (tertiary alicyclic amines) is 1. The van der Waals surface area contributed by atoms with Gasteiger partial charge in [-0.3, -0.25) is 0 Å². The Balaban J connectivity index is 1.53. The Morgan fingerprint density at radius 3 is 2.86 bits per heavy atom. The summed E-state index contributed by atoms with van der Waals surface area (Å²) in [7, 11) is 3.37. The summed E-state index contributed by atoms with van der Waals surface area (Å²) in [6, 6.07) is 15.2. The maximum absolute atomic E-state index is 13.0. The monoisotopic (exact) mass is 378 g/mol. The summed E-state index contributed by atoms with van der Waals surface area (Å²) < 4.78 is 5.49. The highest BCUT2D eigenvalue weighted by molar-refractivity contribution is 5.90. The largest absolute Gasteiger partial charge is 0.496 e. The highest BCUT2D eigenvalue weighted by Crippen LogP contribution is 2.37. The fourth-order valence-corrected chi connectivity index (χ4v) is 3.61. The first-order chi connectivity index (χ1) is 13.7. The summed E-state index contributed by atoms with van der Waals surface area (Å²) in [5.74, 6) is 1.33. The van der Waals surface area contributed by atoms with Gasteiger partial charge in [-0.25, -0.2) is 4.79 Å². The molecular formula is C20H22N6O2. The highest BCUT2D eigenvalue weighted by atomic mass is 16.5. The number of hydrogen-bond acceptors (Lipinski definition) is 5. The fraction of sp³-hybridized carbons (Fsp3) is 0.300. The van der Waals surface area contributed by atoms with Crippen LogP contribution >= 0.6 is 0 Å². The minimum atomic E-state index is -0.127. The maximum Gasteiger partial charge on any atom is 0.322 e. The summed E-state index contributed by atoms with van der Waals surface area (Å²) in [5.41, 5.74) is 2.53. The molecule has 2 aromatic carbocycles. The molecule has 1 N–H and O–H groups in total. The first kappa shape index (κ1) is 18.0. The third-order valence-electron chi connectivity index (χ3n) is 4.89. The molecule has 1 fully saturated rings. The van der Waals surface area contributed by atoms with Crippen LogP contribution in [0.4, 0.5) is 10.5 Å². The van der Waals surface area contributed by atoms with E-state index in [-0.39, 0.29) is 12.1 Å². The topological polar surface area (TPSA) is 85.2 Å². The Labute approximate surface area is 163 Å². The average molecular weight is 378 g/mol. The number of para-hydroxylation sites is 1. The summed E-state index contributed by atoms with van der Waals surface area (Å²) in [5, 5.41) is 15.1. The van der Waals surface area contributed by atoms with Gasteiger partial charge in [0.05, 0.1) is 20.2 Å². The number of amides is 2. The zero-order valence-electron chi connectivity index (χ0n) is 15.9. The molecular weight excluding hydrogens is 356 g/mol. The van der Waals surface area contributed by atoms with Gasteiger partial charge in [0, 0.05) is 23.4 Å². The van der Waals surface area contributed by atoms with E-state index in [0.717, 1.165) is 29.7 Å². The van der Waals surface area contributed by atoms with Gasteiger partial charge in [-0.2, -0.15) is 4.80 Å². The summed E-state index contributed by atoms with van der Waals surface area (Å²) >= 11 is 0. The number of anilines is 1. The lowest BCUT2D eigenvalue weighted by Crippen LogP contribution is -2.34. The second-order valence-corrected chi connectivity index (χ2v) is 6.71. The lowest BCUT2D eigenvalue weighted by Gasteiger charge is -2.26. The summed E-state index contributed by atoms with van der Waals surface area (Å²) in [6.07, 6.45) is 1.87. The van der Waals surface area contributed by atoms with Crippen molar-refractivity contribution in [3.05, 3.63) is 54.1 Å². The van der Waals surface area contributed by atoms with Gasteiger partial charge in [-0.05, 0) is 36.3 Å². The molecule has 0 aliphatic carbocycles. The molecule has 0 spiro atoms. The number of hydrogen-bond donors (Lipinski definition) is 1. The molecule has 1 atom stereocenters. The van der Waals surface area contributed by atoms with Crippen LogP contribution < -0.4 is 10.1 Å².